The van der Waals surface area contributed by atoms with Gasteiger partial charge >= 0.3 is 0 Å². The van der Waals surface area contributed by atoms with E-state index in [1.54, 1.807) is 24.4 Å². The Balaban J connectivity index is 1.79. The highest BCUT2D eigenvalue weighted by Crippen LogP contribution is 2.29. The third-order valence-corrected chi connectivity index (χ3v) is 4.58. The molecule has 116 valence electrons. The normalized spacial score (nSPS) is 17.7. The summed E-state index contributed by atoms with van der Waals surface area (Å²) in [6.07, 6.45) is 3.39. The zero-order valence-electron chi connectivity index (χ0n) is 11.8. The van der Waals surface area contributed by atoms with Crippen LogP contribution in [0.4, 0.5) is 10.8 Å². The fourth-order valence-corrected chi connectivity index (χ4v) is 3.32. The average Bonchev–Trinajstić information content (AvgIpc) is 3.06. The topological polar surface area (TPSA) is 97.5 Å². The van der Waals surface area contributed by atoms with Gasteiger partial charge in [0.25, 0.3) is 11.6 Å². The first-order valence-corrected chi connectivity index (χ1v) is 8.11. The highest BCUT2D eigenvalue weighted by Gasteiger charge is 2.24. The summed E-state index contributed by atoms with van der Waals surface area (Å²) in [6, 6.07) is 5.99. The van der Waals surface area contributed by atoms with Crippen molar-refractivity contribution in [2.24, 2.45) is 4.99 Å². The lowest BCUT2D eigenvalue weighted by atomic mass is 10.2. The zero-order chi connectivity index (χ0) is 16.4. The van der Waals surface area contributed by atoms with Crippen molar-refractivity contribution in [2.75, 3.05) is 0 Å². The number of hydrogen-bond donors (Lipinski definition) is 1. The van der Waals surface area contributed by atoms with Crippen LogP contribution in [0.3, 0.4) is 0 Å². The number of nitro groups is 1. The Hall–Kier alpha value is -2.52. The van der Waals surface area contributed by atoms with Crippen LogP contribution in [-0.4, -0.2) is 21.0 Å². The standard InChI is InChI=1S/C14H10N4O3S2/c1-8-7-15-13(22-8)17-14-16-12(19)11(23-14)6-9-2-4-10(5-3-9)18(20)21/h2-7H,1H3,(H,15,16,17,19)/b11-6-. The fraction of sp³-hybridized carbons (Fsp3) is 0.0714. The first-order valence-electron chi connectivity index (χ1n) is 6.48. The van der Waals surface area contributed by atoms with Crippen molar-refractivity contribution in [1.29, 1.82) is 0 Å². The molecule has 0 saturated carbocycles. The first-order chi connectivity index (χ1) is 11.0. The highest BCUT2D eigenvalue weighted by atomic mass is 32.2. The first kappa shape index (κ1) is 15.4. The summed E-state index contributed by atoms with van der Waals surface area (Å²) in [5.41, 5.74) is 0.719. The van der Waals surface area contributed by atoms with Gasteiger partial charge in [0.15, 0.2) is 5.17 Å². The molecule has 7 nitrogen and oxygen atoms in total. The molecule has 1 aromatic heterocycles. The van der Waals surface area contributed by atoms with Crippen molar-refractivity contribution in [3.05, 3.63) is 55.9 Å². The summed E-state index contributed by atoms with van der Waals surface area (Å²) in [7, 11) is 0. The maximum absolute atomic E-state index is 12.0. The Bertz CT molecular complexity index is 840. The lowest BCUT2D eigenvalue weighted by Crippen LogP contribution is -2.19. The number of nitrogens with zero attached hydrogens (tertiary/aromatic N) is 3. The number of nitro benzene ring substituents is 1. The lowest BCUT2D eigenvalue weighted by Gasteiger charge is -1.95. The number of nitrogens with one attached hydrogen (secondary N) is 1. The molecule has 0 radical (unpaired) electrons. The van der Waals surface area contributed by atoms with E-state index in [0.717, 1.165) is 4.88 Å². The van der Waals surface area contributed by atoms with Crippen LogP contribution in [0.1, 0.15) is 10.4 Å². The number of aryl methyl sites for hydroxylation is 1. The number of benzene rings is 1. The zero-order valence-corrected chi connectivity index (χ0v) is 13.5. The van der Waals surface area contributed by atoms with Crippen LogP contribution in [0.2, 0.25) is 0 Å². The van der Waals surface area contributed by atoms with Crippen LogP contribution >= 0.6 is 23.1 Å². The van der Waals surface area contributed by atoms with Gasteiger partial charge in [-0.3, -0.25) is 14.9 Å². The predicted molar refractivity (Wildman–Crippen MR) is 90.8 cm³/mol. The number of rotatable bonds is 3. The maximum Gasteiger partial charge on any atom is 0.269 e. The van der Waals surface area contributed by atoms with Crippen molar-refractivity contribution in [1.82, 2.24) is 10.3 Å². The molecule has 2 aromatic rings. The van der Waals surface area contributed by atoms with Crippen molar-refractivity contribution in [3.8, 4) is 0 Å². The molecule has 1 amide bonds. The van der Waals surface area contributed by atoms with Crippen LogP contribution < -0.4 is 5.32 Å². The van der Waals surface area contributed by atoms with Gasteiger partial charge in [0.2, 0.25) is 5.13 Å². The van der Waals surface area contributed by atoms with Crippen molar-refractivity contribution >= 4 is 51.1 Å². The molecule has 0 bridgehead atoms. The largest absolute Gasteiger partial charge is 0.300 e. The predicted octanol–water partition coefficient (Wildman–Crippen LogP) is 3.25. The van der Waals surface area contributed by atoms with Crippen LogP contribution in [0, 0.1) is 17.0 Å². The van der Waals surface area contributed by atoms with Gasteiger partial charge < -0.3 is 5.32 Å². The summed E-state index contributed by atoms with van der Waals surface area (Å²) >= 11 is 2.65. The minimum absolute atomic E-state index is 0.0112. The number of thiazole rings is 1. The molecule has 1 N–H and O–H groups in total. The molecule has 3 rings (SSSR count). The molecule has 0 unspecified atom stereocenters. The third kappa shape index (κ3) is 3.63. The van der Waals surface area contributed by atoms with Crippen LogP contribution in [0.25, 0.3) is 6.08 Å². The van der Waals surface area contributed by atoms with E-state index in [2.05, 4.69) is 15.3 Å². The molecule has 0 spiro atoms. The molecule has 1 fully saturated rings. The smallest absolute Gasteiger partial charge is 0.269 e. The molecule has 1 saturated heterocycles. The van der Waals surface area contributed by atoms with Gasteiger partial charge in [0.1, 0.15) is 0 Å². The highest BCUT2D eigenvalue weighted by molar-refractivity contribution is 8.18. The Morgan fingerprint density at radius 3 is 2.70 bits per heavy atom. The average molecular weight is 346 g/mol. The molecule has 1 aliphatic rings. The van der Waals surface area contributed by atoms with E-state index >= 15 is 0 Å². The van der Waals surface area contributed by atoms with E-state index in [9.17, 15) is 14.9 Å². The number of thioether (sulfide) groups is 1. The fourth-order valence-electron chi connectivity index (χ4n) is 1.81. The maximum atomic E-state index is 12.0. The second kappa shape index (κ2) is 6.31. The van der Waals surface area contributed by atoms with Crippen molar-refractivity contribution in [3.63, 3.8) is 0 Å². The Labute approximate surface area is 139 Å². The monoisotopic (exact) mass is 346 g/mol. The summed E-state index contributed by atoms with van der Waals surface area (Å²) in [4.78, 5) is 32.0. The number of carbonyl (C=O) groups is 1. The van der Waals surface area contributed by atoms with Gasteiger partial charge in [-0.25, -0.2) is 4.98 Å². The second-order valence-electron chi connectivity index (χ2n) is 4.58. The summed E-state index contributed by atoms with van der Waals surface area (Å²) in [6.45, 7) is 1.93. The molecule has 1 aliphatic heterocycles. The number of amidine groups is 1. The van der Waals surface area contributed by atoms with Gasteiger partial charge in [-0.2, -0.15) is 4.99 Å². The summed E-state index contributed by atoms with van der Waals surface area (Å²) < 4.78 is 0. The minimum Gasteiger partial charge on any atom is -0.300 e. The second-order valence-corrected chi connectivity index (χ2v) is 6.83. The Kier molecular flexibility index (Phi) is 4.22. The quantitative estimate of drug-likeness (QED) is 0.523. The minimum atomic E-state index is -0.464. The number of amides is 1. The summed E-state index contributed by atoms with van der Waals surface area (Å²) in [5, 5.41) is 14.4. The van der Waals surface area contributed by atoms with E-state index in [4.69, 9.17) is 0 Å². The number of non-ortho nitro benzene ring substituents is 1. The van der Waals surface area contributed by atoms with Crippen LogP contribution in [0.5, 0.6) is 0 Å². The molecule has 0 atom stereocenters. The van der Waals surface area contributed by atoms with E-state index in [1.165, 1.54) is 35.2 Å². The van der Waals surface area contributed by atoms with Crippen LogP contribution in [0.15, 0.2) is 40.4 Å². The van der Waals surface area contributed by atoms with Crippen LogP contribution in [-0.2, 0) is 4.79 Å². The molecular formula is C14H10N4O3S2. The number of hydrogen-bond acceptors (Lipinski definition) is 7. The van der Waals surface area contributed by atoms with E-state index in [-0.39, 0.29) is 11.6 Å². The molecule has 23 heavy (non-hydrogen) atoms. The molecule has 2 heterocycles. The van der Waals surface area contributed by atoms with Crippen molar-refractivity contribution in [2.45, 2.75) is 6.92 Å². The third-order valence-electron chi connectivity index (χ3n) is 2.86. The van der Waals surface area contributed by atoms with Gasteiger partial charge in [0.05, 0.1) is 9.83 Å². The molecule has 9 heteroatoms. The number of aromatic nitrogens is 1. The Morgan fingerprint density at radius 1 is 1.35 bits per heavy atom. The van der Waals surface area contributed by atoms with E-state index in [1.807, 2.05) is 6.92 Å². The molecule has 1 aromatic carbocycles. The van der Waals surface area contributed by atoms with Gasteiger partial charge in [-0.15, -0.1) is 11.3 Å². The van der Waals surface area contributed by atoms with E-state index in [0.29, 0.717) is 20.8 Å². The number of aliphatic imine (C=N–C) groups is 1. The van der Waals surface area contributed by atoms with Gasteiger partial charge in [-0.05, 0) is 42.5 Å². The molecular weight excluding hydrogens is 336 g/mol. The summed E-state index contributed by atoms with van der Waals surface area (Å²) in [5.74, 6) is -0.250. The number of carbonyl (C=O) groups excluding carboxylic acids is 1. The van der Waals surface area contributed by atoms with Crippen molar-refractivity contribution < 1.29 is 9.72 Å². The molecule has 0 aliphatic carbocycles. The van der Waals surface area contributed by atoms with Gasteiger partial charge in [0, 0.05) is 23.2 Å². The van der Waals surface area contributed by atoms with E-state index < -0.39 is 4.92 Å². The SMILES string of the molecule is Cc1cnc(N=C2NC(=O)/C(=C/c3ccc([N+](=O)[O-])cc3)S2)s1. The lowest BCUT2D eigenvalue weighted by molar-refractivity contribution is -0.384. The van der Waals surface area contributed by atoms with Gasteiger partial charge in [-0.1, -0.05) is 0 Å². The Morgan fingerprint density at radius 2 is 2.09 bits per heavy atom.